The third-order valence-corrected chi connectivity index (χ3v) is 7.86. The van der Waals surface area contributed by atoms with Crippen molar-refractivity contribution < 1.29 is 13.2 Å². The molecule has 0 aliphatic carbocycles. The molecule has 1 N–H and O–H groups in total. The number of hydrogen-bond donors (Lipinski definition) is 1. The summed E-state index contributed by atoms with van der Waals surface area (Å²) < 4.78 is 24.8. The van der Waals surface area contributed by atoms with E-state index in [1.54, 1.807) is 30.3 Å². The number of piperazine rings is 1. The van der Waals surface area contributed by atoms with Crippen molar-refractivity contribution in [3.63, 3.8) is 0 Å². The van der Waals surface area contributed by atoms with Crippen LogP contribution in [0.2, 0.25) is 0 Å². The number of rotatable bonds is 7. The van der Waals surface area contributed by atoms with Crippen LogP contribution in [0.3, 0.4) is 0 Å². The summed E-state index contributed by atoms with van der Waals surface area (Å²) in [6.07, 6.45) is -0.102. The standard InChI is InChI=1S/C25H30N4O3S/c1-3-28-12-14-29(15-13-28)24-17-19(2)22-18-20(9-10-23(22)27-24)26-25(30)11-16-33(31,32)21-7-5-4-6-8-21/h4-10,17-18H,3,11-16H2,1-2H3,(H,26,30). The summed E-state index contributed by atoms with van der Waals surface area (Å²) in [5.74, 6) is 0.426. The van der Waals surface area contributed by atoms with Crippen LogP contribution in [-0.4, -0.2) is 62.7 Å². The summed E-state index contributed by atoms with van der Waals surface area (Å²) in [5.41, 5.74) is 2.61. The fraction of sp³-hybridized carbons (Fsp3) is 0.360. The highest BCUT2D eigenvalue weighted by Gasteiger charge is 2.19. The van der Waals surface area contributed by atoms with Crippen LogP contribution >= 0.6 is 0 Å². The molecular weight excluding hydrogens is 436 g/mol. The van der Waals surface area contributed by atoms with E-state index in [9.17, 15) is 13.2 Å². The number of carbonyl (C=O) groups is 1. The molecule has 0 radical (unpaired) electrons. The topological polar surface area (TPSA) is 82.6 Å². The van der Waals surface area contributed by atoms with Crippen molar-refractivity contribution in [3.8, 4) is 0 Å². The molecule has 0 saturated carbocycles. The van der Waals surface area contributed by atoms with Crippen molar-refractivity contribution in [1.82, 2.24) is 9.88 Å². The lowest BCUT2D eigenvalue weighted by atomic mass is 10.1. The third-order valence-electron chi connectivity index (χ3n) is 6.13. The molecule has 8 heteroatoms. The number of fused-ring (bicyclic) bond motifs is 1. The van der Waals surface area contributed by atoms with E-state index in [0.29, 0.717) is 5.69 Å². The van der Waals surface area contributed by atoms with Crippen molar-refractivity contribution >= 4 is 38.2 Å². The zero-order chi connectivity index (χ0) is 23.4. The normalized spacial score (nSPS) is 15.0. The predicted octanol–water partition coefficient (Wildman–Crippen LogP) is 3.49. The van der Waals surface area contributed by atoms with Crippen molar-refractivity contribution in [2.45, 2.75) is 25.2 Å². The fourth-order valence-corrected chi connectivity index (χ4v) is 5.37. The lowest BCUT2D eigenvalue weighted by Crippen LogP contribution is -2.46. The summed E-state index contributed by atoms with van der Waals surface area (Å²) in [7, 11) is -3.49. The Morgan fingerprint density at radius 1 is 1.03 bits per heavy atom. The van der Waals surface area contributed by atoms with Gasteiger partial charge in [-0.25, -0.2) is 13.4 Å². The highest BCUT2D eigenvalue weighted by atomic mass is 32.2. The minimum absolute atomic E-state index is 0.102. The second-order valence-electron chi connectivity index (χ2n) is 8.38. The number of likely N-dealkylation sites (N-methyl/N-ethyl adjacent to an activating group) is 1. The third kappa shape index (κ3) is 5.51. The van der Waals surface area contributed by atoms with E-state index in [0.717, 1.165) is 55.0 Å². The van der Waals surface area contributed by atoms with E-state index >= 15 is 0 Å². The minimum atomic E-state index is -3.49. The molecule has 1 fully saturated rings. The molecule has 1 amide bonds. The molecule has 0 bridgehead atoms. The number of carbonyl (C=O) groups excluding carboxylic acids is 1. The molecule has 0 spiro atoms. The van der Waals surface area contributed by atoms with E-state index in [1.165, 1.54) is 0 Å². The van der Waals surface area contributed by atoms with Gasteiger partial charge in [-0.3, -0.25) is 4.79 Å². The number of hydrogen-bond acceptors (Lipinski definition) is 6. The van der Waals surface area contributed by atoms with Gasteiger partial charge in [0.1, 0.15) is 5.82 Å². The number of pyridine rings is 1. The van der Waals surface area contributed by atoms with Crippen molar-refractivity contribution in [1.29, 1.82) is 0 Å². The Morgan fingerprint density at radius 2 is 1.76 bits per heavy atom. The molecule has 4 rings (SSSR count). The van der Waals surface area contributed by atoms with Crippen LogP contribution in [-0.2, 0) is 14.6 Å². The van der Waals surface area contributed by atoms with E-state index in [2.05, 4.69) is 28.1 Å². The quantitative estimate of drug-likeness (QED) is 0.574. The predicted molar refractivity (Wildman–Crippen MR) is 133 cm³/mol. The van der Waals surface area contributed by atoms with Crippen LogP contribution in [0.5, 0.6) is 0 Å². The van der Waals surface area contributed by atoms with E-state index in [-0.39, 0.29) is 23.0 Å². The summed E-state index contributed by atoms with van der Waals surface area (Å²) in [6.45, 7) is 9.32. The Hall–Kier alpha value is -2.97. The van der Waals surface area contributed by atoms with Gasteiger partial charge in [-0.15, -0.1) is 0 Å². The Kier molecular flexibility index (Phi) is 6.95. The molecule has 7 nitrogen and oxygen atoms in total. The second kappa shape index (κ2) is 9.89. The van der Waals surface area contributed by atoms with Crippen LogP contribution in [0.15, 0.2) is 59.5 Å². The Balaban J connectivity index is 1.42. The first kappa shape index (κ1) is 23.2. The Morgan fingerprint density at radius 3 is 2.45 bits per heavy atom. The van der Waals surface area contributed by atoms with Crippen molar-refractivity contribution in [2.24, 2.45) is 0 Å². The number of benzene rings is 2. The molecule has 0 unspecified atom stereocenters. The first-order valence-electron chi connectivity index (χ1n) is 11.3. The second-order valence-corrected chi connectivity index (χ2v) is 10.5. The summed E-state index contributed by atoms with van der Waals surface area (Å²) in [6, 6.07) is 15.9. The minimum Gasteiger partial charge on any atom is -0.354 e. The fourth-order valence-electron chi connectivity index (χ4n) is 4.11. The zero-order valence-electron chi connectivity index (χ0n) is 19.1. The van der Waals surface area contributed by atoms with Gasteiger partial charge in [-0.2, -0.15) is 0 Å². The molecule has 1 aliphatic heterocycles. The SMILES string of the molecule is CCN1CCN(c2cc(C)c3cc(NC(=O)CCS(=O)(=O)c4ccccc4)ccc3n2)CC1. The molecule has 174 valence electrons. The number of nitrogens with one attached hydrogen (secondary N) is 1. The van der Waals surface area contributed by atoms with Gasteiger partial charge in [-0.05, 0) is 55.4 Å². The maximum Gasteiger partial charge on any atom is 0.225 e. The van der Waals surface area contributed by atoms with Gasteiger partial charge in [0.25, 0.3) is 0 Å². The van der Waals surface area contributed by atoms with Gasteiger partial charge >= 0.3 is 0 Å². The highest BCUT2D eigenvalue weighted by Crippen LogP contribution is 2.26. The van der Waals surface area contributed by atoms with Crippen LogP contribution in [0.4, 0.5) is 11.5 Å². The number of nitrogens with zero attached hydrogens (tertiary/aromatic N) is 3. The maximum atomic E-state index is 12.4. The molecule has 33 heavy (non-hydrogen) atoms. The molecule has 2 aromatic carbocycles. The van der Waals surface area contributed by atoms with Gasteiger partial charge in [-0.1, -0.05) is 25.1 Å². The number of amides is 1. The first-order valence-corrected chi connectivity index (χ1v) is 13.0. The lowest BCUT2D eigenvalue weighted by Gasteiger charge is -2.35. The molecule has 2 heterocycles. The average molecular weight is 467 g/mol. The molecule has 3 aromatic rings. The van der Waals surface area contributed by atoms with Crippen LogP contribution < -0.4 is 10.2 Å². The van der Waals surface area contributed by atoms with Gasteiger partial charge in [0.15, 0.2) is 9.84 Å². The summed E-state index contributed by atoms with van der Waals surface area (Å²) in [5, 5.41) is 3.80. The zero-order valence-corrected chi connectivity index (χ0v) is 19.9. The molecule has 1 aromatic heterocycles. The molecule has 1 saturated heterocycles. The van der Waals surface area contributed by atoms with Crippen LogP contribution in [0, 0.1) is 6.92 Å². The molecule has 1 aliphatic rings. The number of sulfone groups is 1. The van der Waals surface area contributed by atoms with Gasteiger partial charge in [0, 0.05) is 43.7 Å². The van der Waals surface area contributed by atoms with E-state index in [4.69, 9.17) is 4.98 Å². The van der Waals surface area contributed by atoms with Crippen LogP contribution in [0.1, 0.15) is 18.9 Å². The Bertz CT molecular complexity index is 1240. The first-order chi connectivity index (χ1) is 15.9. The van der Waals surface area contributed by atoms with E-state index in [1.807, 2.05) is 25.1 Å². The number of aromatic nitrogens is 1. The van der Waals surface area contributed by atoms with Gasteiger partial charge in [0.2, 0.25) is 5.91 Å². The van der Waals surface area contributed by atoms with Crippen molar-refractivity contribution in [2.75, 3.05) is 48.7 Å². The van der Waals surface area contributed by atoms with Crippen LogP contribution in [0.25, 0.3) is 10.9 Å². The lowest BCUT2D eigenvalue weighted by molar-refractivity contribution is -0.115. The molecular formula is C25H30N4O3S. The highest BCUT2D eigenvalue weighted by molar-refractivity contribution is 7.91. The summed E-state index contributed by atoms with van der Waals surface area (Å²) in [4.78, 5) is 22.3. The largest absolute Gasteiger partial charge is 0.354 e. The van der Waals surface area contributed by atoms with E-state index < -0.39 is 9.84 Å². The van der Waals surface area contributed by atoms with Crippen molar-refractivity contribution in [3.05, 3.63) is 60.2 Å². The monoisotopic (exact) mass is 466 g/mol. The maximum absolute atomic E-state index is 12.4. The van der Waals surface area contributed by atoms with Gasteiger partial charge < -0.3 is 15.1 Å². The van der Waals surface area contributed by atoms with Gasteiger partial charge in [0.05, 0.1) is 16.2 Å². The average Bonchev–Trinajstić information content (AvgIpc) is 2.84. The molecule has 0 atom stereocenters. The smallest absolute Gasteiger partial charge is 0.225 e. The Labute approximate surface area is 195 Å². The summed E-state index contributed by atoms with van der Waals surface area (Å²) >= 11 is 0. The number of anilines is 2. The number of aryl methyl sites for hydroxylation is 1.